The fraction of sp³-hybridized carbons (Fsp3) is 0.567. The second kappa shape index (κ2) is 9.97. The first-order chi connectivity index (χ1) is 19.7. The second-order valence-corrected chi connectivity index (χ2v) is 12.5. The fourth-order valence-electron chi connectivity index (χ4n) is 7.52. The molecule has 41 heavy (non-hydrogen) atoms. The van der Waals surface area contributed by atoms with Gasteiger partial charge in [0.15, 0.2) is 5.82 Å². The molecule has 1 aromatic carbocycles. The number of benzene rings is 1. The molecule has 0 spiro atoms. The van der Waals surface area contributed by atoms with Gasteiger partial charge >= 0.3 is 6.01 Å². The molecule has 2 aromatic heterocycles. The molecule has 6 heterocycles. The van der Waals surface area contributed by atoms with Gasteiger partial charge in [0.1, 0.15) is 41.4 Å². The number of hydrogen-bond donors (Lipinski definition) is 2. The van der Waals surface area contributed by atoms with Crippen LogP contribution in [0.15, 0.2) is 18.3 Å². The van der Waals surface area contributed by atoms with Gasteiger partial charge in [-0.25, -0.2) is 13.2 Å². The molecule has 4 saturated heterocycles. The summed E-state index contributed by atoms with van der Waals surface area (Å²) >= 11 is 0. The van der Waals surface area contributed by atoms with Crippen molar-refractivity contribution < 1.29 is 23.0 Å². The Morgan fingerprint density at radius 3 is 2.68 bits per heavy atom. The largest absolute Gasteiger partial charge is 0.508 e. The van der Waals surface area contributed by atoms with Crippen LogP contribution in [0.1, 0.15) is 57.4 Å². The lowest BCUT2D eigenvalue weighted by atomic mass is 9.93. The van der Waals surface area contributed by atoms with E-state index in [-0.39, 0.29) is 46.6 Å². The number of rotatable bonds is 6. The van der Waals surface area contributed by atoms with Crippen molar-refractivity contribution in [3.05, 3.63) is 35.5 Å². The molecule has 0 amide bonds. The maximum absolute atomic E-state index is 16.5. The van der Waals surface area contributed by atoms with E-state index in [4.69, 9.17) is 9.72 Å². The predicted molar refractivity (Wildman–Crippen MR) is 149 cm³/mol. The van der Waals surface area contributed by atoms with E-state index >= 15 is 4.39 Å². The summed E-state index contributed by atoms with van der Waals surface area (Å²) in [5.74, 6) is -1.40. The van der Waals surface area contributed by atoms with Gasteiger partial charge in [0.25, 0.3) is 0 Å². The van der Waals surface area contributed by atoms with E-state index in [0.717, 1.165) is 38.3 Å². The van der Waals surface area contributed by atoms with Gasteiger partial charge in [-0.05, 0) is 44.2 Å². The van der Waals surface area contributed by atoms with E-state index in [9.17, 15) is 13.9 Å². The zero-order valence-corrected chi connectivity index (χ0v) is 23.3. The van der Waals surface area contributed by atoms with E-state index in [2.05, 4.69) is 25.1 Å². The van der Waals surface area contributed by atoms with Crippen LogP contribution in [-0.4, -0.2) is 81.5 Å². The van der Waals surface area contributed by atoms with E-state index < -0.39 is 23.3 Å². The van der Waals surface area contributed by atoms with Crippen LogP contribution < -0.4 is 15.0 Å². The summed E-state index contributed by atoms with van der Waals surface area (Å²) in [6.45, 7) is 6.49. The summed E-state index contributed by atoms with van der Waals surface area (Å²) in [4.78, 5) is 18.0. The lowest BCUT2D eigenvalue weighted by molar-refractivity contribution is 0.107. The third-order valence-corrected chi connectivity index (χ3v) is 9.34. The molecule has 4 fully saturated rings. The number of piperazine rings is 1. The topological polar surface area (TPSA) is 86.6 Å². The number of nitrogens with one attached hydrogen (secondary N) is 1. The molecule has 0 radical (unpaired) electrons. The number of pyridine rings is 1. The van der Waals surface area contributed by atoms with Gasteiger partial charge in [0, 0.05) is 61.5 Å². The smallest absolute Gasteiger partial charge is 0.319 e. The highest BCUT2D eigenvalue weighted by molar-refractivity contribution is 5.92. The van der Waals surface area contributed by atoms with Gasteiger partial charge in [0.2, 0.25) is 0 Å². The first kappa shape index (κ1) is 26.7. The van der Waals surface area contributed by atoms with Crippen LogP contribution in [0.2, 0.25) is 0 Å². The summed E-state index contributed by atoms with van der Waals surface area (Å²) in [7, 11) is 0. The zero-order chi connectivity index (χ0) is 28.5. The Hall–Kier alpha value is -3.18. The van der Waals surface area contributed by atoms with Crippen molar-refractivity contribution in [1.82, 2.24) is 25.2 Å². The van der Waals surface area contributed by atoms with Crippen LogP contribution in [0.5, 0.6) is 11.8 Å². The maximum Gasteiger partial charge on any atom is 0.319 e. The van der Waals surface area contributed by atoms with Crippen LogP contribution >= 0.6 is 0 Å². The molecule has 0 saturated carbocycles. The minimum absolute atomic E-state index is 0.0231. The van der Waals surface area contributed by atoms with Gasteiger partial charge in [-0.2, -0.15) is 9.97 Å². The van der Waals surface area contributed by atoms with Crippen LogP contribution in [0.3, 0.4) is 0 Å². The number of aromatic hydroxyl groups is 1. The minimum Gasteiger partial charge on any atom is -0.508 e. The van der Waals surface area contributed by atoms with Crippen molar-refractivity contribution in [2.45, 2.75) is 75.7 Å². The Labute approximate surface area is 236 Å². The number of nitrogens with zero attached hydrogens (tertiary/aromatic N) is 5. The van der Waals surface area contributed by atoms with Crippen LogP contribution in [0, 0.1) is 11.6 Å². The fourth-order valence-corrected chi connectivity index (χ4v) is 7.52. The normalized spacial score (nSPS) is 27.8. The molecule has 4 atom stereocenters. The van der Waals surface area contributed by atoms with Crippen molar-refractivity contribution in [2.24, 2.45) is 0 Å². The van der Waals surface area contributed by atoms with Crippen LogP contribution in [0.4, 0.5) is 19.0 Å². The standard InChI is InChI=1S/C30H35F3N6O2/c1-16(2)24-21(8-20(40)9-23(24)32)26-25(33)27-22(11-34-26)28(38-13-18-4-5-19(14-38)35-18)37-29(36-27)41-15-30-6-3-7-39(30)12-17(31)10-30/h8-9,11,16-19,35,40H,3-7,10,12-15H2,1-2H3/t17-,18?,19?,30?/m1/s1. The van der Waals surface area contributed by atoms with Crippen LogP contribution in [0.25, 0.3) is 22.2 Å². The lowest BCUT2D eigenvalue weighted by Gasteiger charge is -2.34. The number of phenolic OH excluding ortho intramolecular Hbond substituents is 1. The highest BCUT2D eigenvalue weighted by atomic mass is 19.1. The van der Waals surface area contributed by atoms with E-state index in [1.807, 2.05) is 0 Å². The molecule has 2 bridgehead atoms. The predicted octanol–water partition coefficient (Wildman–Crippen LogP) is 4.69. The third-order valence-electron chi connectivity index (χ3n) is 9.34. The van der Waals surface area contributed by atoms with Gasteiger partial charge in [-0.15, -0.1) is 0 Å². The highest BCUT2D eigenvalue weighted by Crippen LogP contribution is 2.41. The summed E-state index contributed by atoms with van der Waals surface area (Å²) in [6, 6.07) is 3.03. The SMILES string of the molecule is CC(C)c1c(F)cc(O)cc1-c1ncc2c(N3CC4CCC(C3)N4)nc(OCC34CCCN3C[C@H](F)C4)nc2c1F. The molecule has 11 heteroatoms. The average molecular weight is 569 g/mol. The molecule has 0 aliphatic carbocycles. The van der Waals surface area contributed by atoms with Gasteiger partial charge in [0.05, 0.1) is 10.9 Å². The number of hydrogen-bond acceptors (Lipinski definition) is 8. The Morgan fingerprint density at radius 1 is 1.15 bits per heavy atom. The first-order valence-electron chi connectivity index (χ1n) is 14.6. The summed E-state index contributed by atoms with van der Waals surface area (Å²) < 4.78 is 52.0. The molecule has 4 aliphatic rings. The van der Waals surface area contributed by atoms with Crippen molar-refractivity contribution in [3.8, 4) is 23.0 Å². The number of phenols is 1. The monoisotopic (exact) mass is 568 g/mol. The Morgan fingerprint density at radius 2 is 1.93 bits per heavy atom. The van der Waals surface area contributed by atoms with E-state index in [1.165, 1.54) is 12.3 Å². The molecule has 4 aliphatic heterocycles. The second-order valence-electron chi connectivity index (χ2n) is 12.5. The summed E-state index contributed by atoms with van der Waals surface area (Å²) in [5, 5.41) is 14.2. The molecular formula is C30H35F3N6O2. The molecule has 8 nitrogen and oxygen atoms in total. The Kier molecular flexibility index (Phi) is 6.50. The highest BCUT2D eigenvalue weighted by Gasteiger charge is 2.49. The number of fused-ring (bicyclic) bond motifs is 4. The number of aromatic nitrogens is 3. The summed E-state index contributed by atoms with van der Waals surface area (Å²) in [5.41, 5.74) is -0.0293. The molecule has 218 valence electrons. The molecular weight excluding hydrogens is 533 g/mol. The Balaban J connectivity index is 1.34. The zero-order valence-electron chi connectivity index (χ0n) is 23.3. The third kappa shape index (κ3) is 4.57. The van der Waals surface area contributed by atoms with Crippen LogP contribution in [-0.2, 0) is 0 Å². The molecule has 2 N–H and O–H groups in total. The van der Waals surface area contributed by atoms with Gasteiger partial charge < -0.3 is 20.1 Å². The maximum atomic E-state index is 16.5. The first-order valence-corrected chi connectivity index (χ1v) is 14.6. The van der Waals surface area contributed by atoms with E-state index in [1.54, 1.807) is 13.8 Å². The molecule has 3 unspecified atom stereocenters. The van der Waals surface area contributed by atoms with Crippen molar-refractivity contribution in [2.75, 3.05) is 37.7 Å². The Bertz CT molecular complexity index is 1490. The lowest BCUT2D eigenvalue weighted by Crippen LogP contribution is -2.51. The molecule has 7 rings (SSSR count). The quantitative estimate of drug-likeness (QED) is 0.443. The number of anilines is 1. The number of alkyl halides is 1. The minimum atomic E-state index is -0.896. The summed E-state index contributed by atoms with van der Waals surface area (Å²) in [6.07, 6.45) is 4.97. The van der Waals surface area contributed by atoms with Crippen molar-refractivity contribution >= 4 is 16.7 Å². The number of ether oxygens (including phenoxy) is 1. The van der Waals surface area contributed by atoms with Gasteiger partial charge in [-0.1, -0.05) is 13.8 Å². The number of halogens is 3. The molecule has 3 aromatic rings. The van der Waals surface area contributed by atoms with Gasteiger partial charge in [-0.3, -0.25) is 9.88 Å². The van der Waals surface area contributed by atoms with Crippen molar-refractivity contribution in [3.63, 3.8) is 0 Å². The van der Waals surface area contributed by atoms with Crippen molar-refractivity contribution in [1.29, 1.82) is 0 Å². The van der Waals surface area contributed by atoms with E-state index in [0.29, 0.717) is 49.3 Å². The average Bonchev–Trinajstić information content (AvgIpc) is 3.57.